The first-order valence-corrected chi connectivity index (χ1v) is 10.2. The minimum Gasteiger partial charge on any atom is -0.354 e. The second-order valence-electron chi connectivity index (χ2n) is 6.66. The molecule has 6 nitrogen and oxygen atoms in total. The first-order valence-electron chi connectivity index (χ1n) is 8.70. The number of piperazine rings is 1. The molecule has 1 aromatic heterocycles. The van der Waals surface area contributed by atoms with Gasteiger partial charge in [-0.05, 0) is 49.0 Å². The minimum atomic E-state index is -4.51. The number of alkyl halides is 3. The summed E-state index contributed by atoms with van der Waals surface area (Å²) in [6.07, 6.45) is -2.89. The Hall–Kier alpha value is -2.17. The quantitative estimate of drug-likeness (QED) is 0.814. The van der Waals surface area contributed by atoms with Gasteiger partial charge in [0.1, 0.15) is 5.82 Å². The Morgan fingerprint density at radius 1 is 1.07 bits per heavy atom. The molecule has 0 spiro atoms. The molecule has 0 radical (unpaired) electrons. The van der Waals surface area contributed by atoms with Crippen LogP contribution in [0.4, 0.5) is 19.0 Å². The van der Waals surface area contributed by atoms with Crippen LogP contribution < -0.4 is 9.62 Å². The fourth-order valence-electron chi connectivity index (χ4n) is 2.86. The number of sulfonamides is 1. The molecule has 1 aliphatic rings. The number of hydrogen-bond donors (Lipinski definition) is 1. The lowest BCUT2D eigenvalue weighted by Gasteiger charge is -2.33. The molecule has 2 aromatic rings. The highest BCUT2D eigenvalue weighted by atomic mass is 32.2. The molecule has 0 amide bonds. The molecule has 3 rings (SSSR count). The third-order valence-electron chi connectivity index (χ3n) is 4.60. The van der Waals surface area contributed by atoms with E-state index in [1.807, 2.05) is 6.07 Å². The predicted octanol–water partition coefficient (Wildman–Crippen LogP) is 2.33. The van der Waals surface area contributed by atoms with E-state index in [0.29, 0.717) is 0 Å². The molecule has 1 saturated heterocycles. The third kappa shape index (κ3) is 5.00. The summed E-state index contributed by atoms with van der Waals surface area (Å²) < 4.78 is 65.0. The fraction of sp³-hybridized carbons (Fsp3) is 0.389. The number of halogens is 3. The second-order valence-corrected chi connectivity index (χ2v) is 8.43. The molecule has 0 saturated carbocycles. The van der Waals surface area contributed by atoms with Crippen molar-refractivity contribution in [1.29, 1.82) is 0 Å². The molecular formula is C18H21F3N4O2S. The molecule has 0 bridgehead atoms. The van der Waals surface area contributed by atoms with Gasteiger partial charge in [0.05, 0.1) is 10.5 Å². The third-order valence-corrected chi connectivity index (χ3v) is 6.01. The Balaban J connectivity index is 1.67. The Morgan fingerprint density at radius 2 is 1.71 bits per heavy atom. The number of nitrogens with zero attached hydrogens (tertiary/aromatic N) is 3. The summed E-state index contributed by atoms with van der Waals surface area (Å²) >= 11 is 0. The van der Waals surface area contributed by atoms with Gasteiger partial charge in [-0.3, -0.25) is 0 Å². The Kier molecular flexibility index (Phi) is 5.92. The van der Waals surface area contributed by atoms with E-state index in [1.54, 1.807) is 12.3 Å². The lowest BCUT2D eigenvalue weighted by atomic mass is 10.2. The van der Waals surface area contributed by atoms with E-state index in [4.69, 9.17) is 0 Å². The highest BCUT2D eigenvalue weighted by molar-refractivity contribution is 7.89. The molecule has 2 heterocycles. The van der Waals surface area contributed by atoms with E-state index in [9.17, 15) is 21.6 Å². The lowest BCUT2D eigenvalue weighted by molar-refractivity contribution is -0.137. The SMILES string of the molecule is CN1CCN(c2cc(CNS(=O)(=O)c3ccc(C(F)(F)F)cc3)ccn2)CC1. The second kappa shape index (κ2) is 8.06. The number of nitrogens with one attached hydrogen (secondary N) is 1. The van der Waals surface area contributed by atoms with Crippen LogP contribution in [0.15, 0.2) is 47.5 Å². The first-order chi connectivity index (χ1) is 13.1. The van der Waals surface area contributed by atoms with Gasteiger partial charge in [-0.15, -0.1) is 0 Å². The van der Waals surface area contributed by atoms with Crippen molar-refractivity contribution in [3.63, 3.8) is 0 Å². The number of hydrogen-bond acceptors (Lipinski definition) is 5. The van der Waals surface area contributed by atoms with E-state index < -0.39 is 21.8 Å². The van der Waals surface area contributed by atoms with Gasteiger partial charge < -0.3 is 9.80 Å². The molecule has 10 heteroatoms. The van der Waals surface area contributed by atoms with Crippen LogP contribution in [0.5, 0.6) is 0 Å². The van der Waals surface area contributed by atoms with E-state index in [0.717, 1.165) is 61.8 Å². The van der Waals surface area contributed by atoms with Crippen LogP contribution in [0.25, 0.3) is 0 Å². The van der Waals surface area contributed by atoms with E-state index in [2.05, 4.69) is 26.6 Å². The van der Waals surface area contributed by atoms with Crippen LogP contribution in [0.3, 0.4) is 0 Å². The Morgan fingerprint density at radius 3 is 2.32 bits per heavy atom. The average molecular weight is 414 g/mol. The Labute approximate surface area is 162 Å². The van der Waals surface area contributed by atoms with Gasteiger partial charge in [0.25, 0.3) is 0 Å². The molecule has 1 N–H and O–H groups in total. The molecule has 1 aliphatic heterocycles. The van der Waals surface area contributed by atoms with Crippen molar-refractivity contribution in [2.45, 2.75) is 17.6 Å². The molecule has 0 aliphatic carbocycles. The largest absolute Gasteiger partial charge is 0.416 e. The number of aromatic nitrogens is 1. The van der Waals surface area contributed by atoms with Crippen molar-refractivity contribution in [2.24, 2.45) is 0 Å². The molecule has 0 unspecified atom stereocenters. The maximum atomic E-state index is 12.6. The minimum absolute atomic E-state index is 0.0205. The highest BCUT2D eigenvalue weighted by Crippen LogP contribution is 2.29. The van der Waals surface area contributed by atoms with Crippen LogP contribution in [0, 0.1) is 0 Å². The number of anilines is 1. The number of likely N-dealkylation sites (N-methyl/N-ethyl adjacent to an activating group) is 1. The van der Waals surface area contributed by atoms with Crippen LogP contribution in [-0.4, -0.2) is 51.5 Å². The number of benzene rings is 1. The lowest BCUT2D eigenvalue weighted by Crippen LogP contribution is -2.44. The van der Waals surface area contributed by atoms with Crippen LogP contribution in [0.2, 0.25) is 0 Å². The summed E-state index contributed by atoms with van der Waals surface area (Å²) in [5, 5.41) is 0. The zero-order chi connectivity index (χ0) is 20.4. The number of pyridine rings is 1. The average Bonchev–Trinajstić information content (AvgIpc) is 2.67. The summed E-state index contributed by atoms with van der Waals surface area (Å²) in [7, 11) is -1.87. The Bertz CT molecular complexity index is 909. The topological polar surface area (TPSA) is 65.5 Å². The highest BCUT2D eigenvalue weighted by Gasteiger charge is 2.30. The summed E-state index contributed by atoms with van der Waals surface area (Å²) in [6, 6.07) is 6.94. The van der Waals surface area contributed by atoms with Gasteiger partial charge in [-0.25, -0.2) is 18.1 Å². The molecular weight excluding hydrogens is 393 g/mol. The van der Waals surface area contributed by atoms with Crippen molar-refractivity contribution in [3.8, 4) is 0 Å². The molecule has 1 fully saturated rings. The zero-order valence-electron chi connectivity index (χ0n) is 15.3. The van der Waals surface area contributed by atoms with Gasteiger partial charge in [-0.1, -0.05) is 0 Å². The monoisotopic (exact) mass is 414 g/mol. The number of rotatable bonds is 5. The van der Waals surface area contributed by atoms with Crippen molar-refractivity contribution < 1.29 is 21.6 Å². The van der Waals surface area contributed by atoms with Crippen molar-refractivity contribution in [1.82, 2.24) is 14.6 Å². The van der Waals surface area contributed by atoms with E-state index in [1.165, 1.54) is 0 Å². The predicted molar refractivity (Wildman–Crippen MR) is 99.4 cm³/mol. The van der Waals surface area contributed by atoms with Gasteiger partial charge >= 0.3 is 6.18 Å². The summed E-state index contributed by atoms with van der Waals surface area (Å²) in [4.78, 5) is 8.49. The fourth-order valence-corrected chi connectivity index (χ4v) is 3.88. The van der Waals surface area contributed by atoms with Crippen LogP contribution in [0.1, 0.15) is 11.1 Å². The van der Waals surface area contributed by atoms with Crippen molar-refractivity contribution in [3.05, 3.63) is 53.7 Å². The molecule has 1 aromatic carbocycles. The van der Waals surface area contributed by atoms with Crippen LogP contribution >= 0.6 is 0 Å². The standard InChI is InChI=1S/C18H21F3N4O2S/c1-24-8-10-25(11-9-24)17-12-14(6-7-22-17)13-23-28(26,27)16-4-2-15(3-5-16)18(19,20)21/h2-7,12,23H,8-11,13H2,1H3. The smallest absolute Gasteiger partial charge is 0.354 e. The molecule has 152 valence electrons. The van der Waals surface area contributed by atoms with Gasteiger partial charge in [0.2, 0.25) is 10.0 Å². The summed E-state index contributed by atoms with van der Waals surface area (Å²) in [6.45, 7) is 3.54. The summed E-state index contributed by atoms with van der Waals surface area (Å²) in [5.74, 6) is 0.777. The van der Waals surface area contributed by atoms with Gasteiger partial charge in [-0.2, -0.15) is 13.2 Å². The maximum Gasteiger partial charge on any atom is 0.416 e. The van der Waals surface area contributed by atoms with Crippen molar-refractivity contribution >= 4 is 15.8 Å². The summed E-state index contributed by atoms with van der Waals surface area (Å²) in [5.41, 5.74) is -0.170. The van der Waals surface area contributed by atoms with E-state index >= 15 is 0 Å². The van der Waals surface area contributed by atoms with Crippen LogP contribution in [-0.2, 0) is 22.7 Å². The first kappa shape index (κ1) is 20.6. The van der Waals surface area contributed by atoms with Crippen molar-refractivity contribution in [2.75, 3.05) is 38.1 Å². The molecule has 28 heavy (non-hydrogen) atoms. The van der Waals surface area contributed by atoms with Gasteiger partial charge in [0, 0.05) is 38.9 Å². The van der Waals surface area contributed by atoms with E-state index in [-0.39, 0.29) is 11.4 Å². The molecule has 0 atom stereocenters. The maximum absolute atomic E-state index is 12.6. The normalized spacial score (nSPS) is 16.4. The zero-order valence-corrected chi connectivity index (χ0v) is 16.1. The van der Waals surface area contributed by atoms with Gasteiger partial charge in [0.15, 0.2) is 0 Å².